The minimum absolute atomic E-state index is 0.0196. The number of carbonyl (C=O) groups is 2. The maximum atomic E-state index is 11.5. The van der Waals surface area contributed by atoms with E-state index in [4.69, 9.17) is 5.73 Å². The molecular formula is C11H19N5O3. The fraction of sp³-hybridized carbons (Fsp3) is 0.636. The number of aryl methyl sites for hydroxylation is 1. The summed E-state index contributed by atoms with van der Waals surface area (Å²) in [5.41, 5.74) is 6.26. The highest BCUT2D eigenvalue weighted by atomic mass is 16.5. The molecule has 19 heavy (non-hydrogen) atoms. The van der Waals surface area contributed by atoms with Crippen LogP contribution in [0.4, 0.5) is 0 Å². The molecule has 1 aromatic heterocycles. The van der Waals surface area contributed by atoms with Crippen molar-refractivity contribution in [2.24, 2.45) is 5.73 Å². The molecule has 0 bridgehead atoms. The molecule has 8 heteroatoms. The van der Waals surface area contributed by atoms with Crippen molar-refractivity contribution in [2.75, 3.05) is 27.7 Å². The molecule has 2 N–H and O–H groups in total. The summed E-state index contributed by atoms with van der Waals surface area (Å²) < 4.78 is 6.16. The second-order valence-electron chi connectivity index (χ2n) is 4.18. The van der Waals surface area contributed by atoms with Crippen LogP contribution in [0, 0.1) is 0 Å². The molecule has 0 aliphatic carbocycles. The van der Waals surface area contributed by atoms with Crippen LogP contribution in [0.15, 0.2) is 0 Å². The summed E-state index contributed by atoms with van der Waals surface area (Å²) in [4.78, 5) is 24.5. The molecule has 0 aliphatic heterocycles. The third-order valence-corrected chi connectivity index (χ3v) is 2.63. The van der Waals surface area contributed by atoms with Gasteiger partial charge in [-0.1, -0.05) is 5.21 Å². The van der Waals surface area contributed by atoms with Crippen molar-refractivity contribution in [3.8, 4) is 0 Å². The van der Waals surface area contributed by atoms with Gasteiger partial charge in [0.2, 0.25) is 5.91 Å². The van der Waals surface area contributed by atoms with E-state index in [9.17, 15) is 9.59 Å². The van der Waals surface area contributed by atoms with Gasteiger partial charge in [0.05, 0.1) is 19.3 Å². The SMILES string of the molecule is COC(=O)c1nnn(CCC(=O)N(C)C)c1CCN. The second-order valence-corrected chi connectivity index (χ2v) is 4.18. The van der Waals surface area contributed by atoms with Crippen LogP contribution in [0.1, 0.15) is 22.6 Å². The predicted molar refractivity (Wildman–Crippen MR) is 67.4 cm³/mol. The Morgan fingerprint density at radius 3 is 2.63 bits per heavy atom. The van der Waals surface area contributed by atoms with Crippen LogP contribution >= 0.6 is 0 Å². The van der Waals surface area contributed by atoms with Crippen LogP contribution in [0.2, 0.25) is 0 Å². The van der Waals surface area contributed by atoms with Gasteiger partial charge in [-0.3, -0.25) is 4.79 Å². The third-order valence-electron chi connectivity index (χ3n) is 2.63. The van der Waals surface area contributed by atoms with E-state index in [0.29, 0.717) is 25.2 Å². The minimum atomic E-state index is -0.548. The summed E-state index contributed by atoms with van der Waals surface area (Å²) in [5, 5.41) is 7.66. The minimum Gasteiger partial charge on any atom is -0.464 e. The lowest BCUT2D eigenvalue weighted by Gasteiger charge is -2.11. The molecule has 0 aliphatic rings. The van der Waals surface area contributed by atoms with Gasteiger partial charge in [0.25, 0.3) is 0 Å². The summed E-state index contributed by atoms with van der Waals surface area (Å²) in [6, 6.07) is 0. The fourth-order valence-electron chi connectivity index (χ4n) is 1.58. The molecule has 0 radical (unpaired) electrons. The highest BCUT2D eigenvalue weighted by Gasteiger charge is 2.20. The number of methoxy groups -OCH3 is 1. The van der Waals surface area contributed by atoms with E-state index in [1.807, 2.05) is 0 Å². The van der Waals surface area contributed by atoms with Gasteiger partial charge in [0.1, 0.15) is 0 Å². The topological polar surface area (TPSA) is 103 Å². The van der Waals surface area contributed by atoms with Crippen molar-refractivity contribution >= 4 is 11.9 Å². The second kappa shape index (κ2) is 6.83. The molecule has 1 amide bonds. The van der Waals surface area contributed by atoms with Gasteiger partial charge in [0, 0.05) is 26.9 Å². The lowest BCUT2D eigenvalue weighted by molar-refractivity contribution is -0.128. The van der Waals surface area contributed by atoms with E-state index in [2.05, 4.69) is 15.0 Å². The highest BCUT2D eigenvalue weighted by molar-refractivity contribution is 5.88. The average molecular weight is 269 g/mol. The zero-order chi connectivity index (χ0) is 14.4. The average Bonchev–Trinajstić information content (AvgIpc) is 2.78. The summed E-state index contributed by atoms with van der Waals surface area (Å²) in [5.74, 6) is -0.567. The summed E-state index contributed by atoms with van der Waals surface area (Å²) in [7, 11) is 4.65. The van der Waals surface area contributed by atoms with E-state index in [1.54, 1.807) is 14.1 Å². The Morgan fingerprint density at radius 2 is 2.11 bits per heavy atom. The van der Waals surface area contributed by atoms with Crippen molar-refractivity contribution in [1.82, 2.24) is 19.9 Å². The molecule has 0 saturated carbocycles. The largest absolute Gasteiger partial charge is 0.464 e. The Labute approximate surface area is 111 Å². The number of ether oxygens (including phenoxy) is 1. The maximum Gasteiger partial charge on any atom is 0.360 e. The number of amides is 1. The van der Waals surface area contributed by atoms with E-state index < -0.39 is 5.97 Å². The summed E-state index contributed by atoms with van der Waals surface area (Å²) in [6.07, 6.45) is 0.738. The normalized spacial score (nSPS) is 10.3. The Hall–Kier alpha value is -1.96. The molecule has 1 rings (SSSR count). The standard InChI is InChI=1S/C11H19N5O3/c1-15(2)9(17)5-7-16-8(4-6-12)10(13-14-16)11(18)19-3/h4-7,12H2,1-3H3. The van der Waals surface area contributed by atoms with Crippen LogP contribution in [0.5, 0.6) is 0 Å². The van der Waals surface area contributed by atoms with Gasteiger partial charge < -0.3 is 15.4 Å². The first-order valence-corrected chi connectivity index (χ1v) is 5.92. The fourth-order valence-corrected chi connectivity index (χ4v) is 1.58. The zero-order valence-electron chi connectivity index (χ0n) is 11.4. The highest BCUT2D eigenvalue weighted by Crippen LogP contribution is 2.08. The molecule has 0 unspecified atom stereocenters. The first kappa shape index (κ1) is 15.1. The van der Waals surface area contributed by atoms with Crippen LogP contribution in [-0.2, 0) is 22.5 Å². The quantitative estimate of drug-likeness (QED) is 0.667. The monoisotopic (exact) mass is 269 g/mol. The Balaban J connectivity index is 2.86. The number of hydrogen-bond donors (Lipinski definition) is 1. The van der Waals surface area contributed by atoms with Crippen LogP contribution in [0.25, 0.3) is 0 Å². The molecule has 106 valence electrons. The van der Waals surface area contributed by atoms with Gasteiger partial charge >= 0.3 is 5.97 Å². The lowest BCUT2D eigenvalue weighted by Crippen LogP contribution is -2.24. The van der Waals surface area contributed by atoms with E-state index in [1.165, 1.54) is 16.7 Å². The van der Waals surface area contributed by atoms with Gasteiger partial charge in [0.15, 0.2) is 5.69 Å². The molecule has 1 heterocycles. The number of esters is 1. The van der Waals surface area contributed by atoms with Gasteiger partial charge in [-0.15, -0.1) is 5.10 Å². The van der Waals surface area contributed by atoms with Crippen molar-refractivity contribution in [2.45, 2.75) is 19.4 Å². The van der Waals surface area contributed by atoms with Crippen molar-refractivity contribution < 1.29 is 14.3 Å². The Bertz CT molecular complexity index is 455. The van der Waals surface area contributed by atoms with Crippen LogP contribution in [0.3, 0.4) is 0 Å². The molecule has 8 nitrogen and oxygen atoms in total. The Kier molecular flexibility index (Phi) is 5.43. The number of carbonyl (C=O) groups excluding carboxylic acids is 2. The molecule has 0 saturated heterocycles. The maximum absolute atomic E-state index is 11.5. The molecule has 1 aromatic rings. The molecule has 0 aromatic carbocycles. The van der Waals surface area contributed by atoms with Crippen LogP contribution in [-0.4, -0.2) is 59.5 Å². The number of aromatic nitrogens is 3. The number of hydrogen-bond acceptors (Lipinski definition) is 6. The molecule has 0 fully saturated rings. The number of nitrogens with two attached hydrogens (primary N) is 1. The van der Waals surface area contributed by atoms with Crippen molar-refractivity contribution in [3.05, 3.63) is 11.4 Å². The van der Waals surface area contributed by atoms with Crippen molar-refractivity contribution in [3.63, 3.8) is 0 Å². The lowest BCUT2D eigenvalue weighted by atomic mass is 10.2. The van der Waals surface area contributed by atoms with E-state index >= 15 is 0 Å². The molecule has 0 spiro atoms. The van der Waals surface area contributed by atoms with E-state index in [-0.39, 0.29) is 18.0 Å². The first-order chi connectivity index (χ1) is 9.01. The first-order valence-electron chi connectivity index (χ1n) is 5.92. The predicted octanol–water partition coefficient (Wildman–Crippen LogP) is -0.956. The molecular weight excluding hydrogens is 250 g/mol. The third kappa shape index (κ3) is 3.75. The smallest absolute Gasteiger partial charge is 0.360 e. The van der Waals surface area contributed by atoms with E-state index in [0.717, 1.165) is 0 Å². The van der Waals surface area contributed by atoms with Gasteiger partial charge in [-0.05, 0) is 6.54 Å². The van der Waals surface area contributed by atoms with Crippen LogP contribution < -0.4 is 5.73 Å². The van der Waals surface area contributed by atoms with Crippen molar-refractivity contribution in [1.29, 1.82) is 0 Å². The molecule has 0 atom stereocenters. The zero-order valence-corrected chi connectivity index (χ0v) is 11.4. The number of nitrogens with zero attached hydrogens (tertiary/aromatic N) is 4. The van der Waals surface area contributed by atoms with Gasteiger partial charge in [-0.2, -0.15) is 0 Å². The Morgan fingerprint density at radius 1 is 1.42 bits per heavy atom. The number of rotatable bonds is 6. The summed E-state index contributed by atoms with van der Waals surface area (Å²) in [6.45, 7) is 0.718. The summed E-state index contributed by atoms with van der Waals surface area (Å²) >= 11 is 0. The van der Waals surface area contributed by atoms with Gasteiger partial charge in [-0.25, -0.2) is 9.48 Å².